The molecule has 0 amide bonds. The van der Waals surface area contributed by atoms with Crippen LogP contribution in [0.2, 0.25) is 0 Å². The number of nitrogens with one attached hydrogen (secondary N) is 1. The van der Waals surface area contributed by atoms with E-state index in [1.54, 1.807) is 0 Å². The Balaban J connectivity index is 4.64. The molecule has 0 spiro atoms. The molecule has 0 aliphatic rings. The van der Waals surface area contributed by atoms with Gasteiger partial charge in [-0.15, -0.1) is 0 Å². The van der Waals surface area contributed by atoms with Crippen LogP contribution in [0.4, 0.5) is 13.2 Å². The minimum Gasteiger partial charge on any atom is -0.205 e. The van der Waals surface area contributed by atoms with E-state index in [1.165, 1.54) is 4.72 Å². The summed E-state index contributed by atoms with van der Waals surface area (Å²) in [5.74, 6) is 0. The molecule has 0 rings (SSSR count). The van der Waals surface area contributed by atoms with E-state index in [9.17, 15) is 21.6 Å². The normalized spacial score (nSPS) is 14.0. The largest absolute Gasteiger partial charge is 0.474 e. The Kier molecular flexibility index (Phi) is 2.86. The van der Waals surface area contributed by atoms with Crippen LogP contribution in [0.3, 0.4) is 0 Å². The van der Waals surface area contributed by atoms with Crippen LogP contribution in [0.15, 0.2) is 0 Å². The van der Waals surface area contributed by atoms with Gasteiger partial charge in [0, 0.05) is 14.1 Å². The van der Waals surface area contributed by atoms with Gasteiger partial charge in [-0.1, -0.05) is 4.31 Å². The summed E-state index contributed by atoms with van der Waals surface area (Å²) in [7, 11) is -3.07. The van der Waals surface area contributed by atoms with Gasteiger partial charge in [0.1, 0.15) is 0 Å². The SMILES string of the molecule is CNS(=O)(=O)N(C)C(F)(F)F. The molecular weight excluding hydrogens is 185 g/mol. The summed E-state index contributed by atoms with van der Waals surface area (Å²) in [6.07, 6.45) is -4.87. The lowest BCUT2D eigenvalue weighted by Crippen LogP contribution is -2.44. The van der Waals surface area contributed by atoms with E-state index in [2.05, 4.69) is 0 Å². The molecule has 0 aromatic rings. The van der Waals surface area contributed by atoms with Gasteiger partial charge in [-0.05, 0) is 0 Å². The molecule has 0 unspecified atom stereocenters. The molecule has 0 bridgehead atoms. The van der Waals surface area contributed by atoms with Gasteiger partial charge < -0.3 is 0 Å². The van der Waals surface area contributed by atoms with Gasteiger partial charge >= 0.3 is 6.30 Å². The Hall–Kier alpha value is -0.340. The van der Waals surface area contributed by atoms with Crippen LogP contribution < -0.4 is 4.72 Å². The van der Waals surface area contributed by atoms with Crippen molar-refractivity contribution in [2.24, 2.45) is 0 Å². The van der Waals surface area contributed by atoms with Crippen LogP contribution in [-0.2, 0) is 10.2 Å². The Morgan fingerprint density at radius 3 is 1.82 bits per heavy atom. The fourth-order valence-electron chi connectivity index (χ4n) is 0.273. The lowest BCUT2D eigenvalue weighted by Gasteiger charge is -2.18. The lowest BCUT2D eigenvalue weighted by molar-refractivity contribution is -0.202. The highest BCUT2D eigenvalue weighted by molar-refractivity contribution is 7.87. The van der Waals surface area contributed by atoms with Gasteiger partial charge in [-0.3, -0.25) is 0 Å². The minimum atomic E-state index is -4.87. The fourth-order valence-corrected chi connectivity index (χ4v) is 0.820. The molecule has 11 heavy (non-hydrogen) atoms. The number of nitrogens with zero attached hydrogens (tertiary/aromatic N) is 1. The molecule has 0 aliphatic heterocycles. The highest BCUT2D eigenvalue weighted by Crippen LogP contribution is 2.20. The van der Waals surface area contributed by atoms with E-state index in [0.29, 0.717) is 7.05 Å². The van der Waals surface area contributed by atoms with Crippen molar-refractivity contribution >= 4 is 10.2 Å². The van der Waals surface area contributed by atoms with E-state index in [0.717, 1.165) is 7.05 Å². The standard InChI is InChI=1S/C3H7F3N2O2S/c1-7-11(9,10)8(2)3(4,5)6/h7H,1-2H3. The van der Waals surface area contributed by atoms with Gasteiger partial charge in [0.15, 0.2) is 0 Å². The van der Waals surface area contributed by atoms with Crippen LogP contribution in [0.1, 0.15) is 0 Å². The van der Waals surface area contributed by atoms with Crippen LogP contribution in [0.25, 0.3) is 0 Å². The third-order valence-electron chi connectivity index (χ3n) is 0.976. The Morgan fingerprint density at radius 2 is 1.73 bits per heavy atom. The molecule has 1 N–H and O–H groups in total. The summed E-state index contributed by atoms with van der Waals surface area (Å²) < 4.78 is 56.6. The van der Waals surface area contributed by atoms with E-state index >= 15 is 0 Å². The molecule has 0 aliphatic carbocycles. The van der Waals surface area contributed by atoms with Crippen molar-refractivity contribution in [3.05, 3.63) is 0 Å². The summed E-state index contributed by atoms with van der Waals surface area (Å²) in [4.78, 5) is 0. The summed E-state index contributed by atoms with van der Waals surface area (Å²) in [6.45, 7) is 0. The van der Waals surface area contributed by atoms with Gasteiger partial charge in [-0.2, -0.15) is 21.6 Å². The summed E-state index contributed by atoms with van der Waals surface area (Å²) in [5, 5.41) is 0. The molecule has 0 fully saturated rings. The van der Waals surface area contributed by atoms with Crippen molar-refractivity contribution in [3.8, 4) is 0 Å². The van der Waals surface area contributed by atoms with E-state index in [4.69, 9.17) is 0 Å². The minimum absolute atomic E-state index is 0.422. The fraction of sp³-hybridized carbons (Fsp3) is 1.00. The molecule has 8 heteroatoms. The van der Waals surface area contributed by atoms with Crippen LogP contribution in [-0.4, -0.2) is 33.1 Å². The second-order valence-corrected chi connectivity index (χ2v) is 3.55. The lowest BCUT2D eigenvalue weighted by atomic mass is 11.1. The number of rotatable bonds is 2. The number of hydrogen-bond donors (Lipinski definition) is 1. The third kappa shape index (κ3) is 2.64. The first kappa shape index (κ1) is 10.7. The Labute approximate surface area is 62.2 Å². The van der Waals surface area contributed by atoms with E-state index in [1.807, 2.05) is 0 Å². The highest BCUT2D eigenvalue weighted by Gasteiger charge is 2.41. The highest BCUT2D eigenvalue weighted by atomic mass is 32.2. The molecule has 0 radical (unpaired) electrons. The predicted octanol–water partition coefficient (Wildman–Crippen LogP) is -0.0978. The van der Waals surface area contributed by atoms with Gasteiger partial charge in [-0.25, -0.2) is 4.72 Å². The quantitative estimate of drug-likeness (QED) is 0.621. The Bertz CT molecular complexity index is 221. The smallest absolute Gasteiger partial charge is 0.205 e. The van der Waals surface area contributed by atoms with E-state index < -0.39 is 20.8 Å². The molecule has 0 aromatic carbocycles. The molecule has 0 atom stereocenters. The maximum Gasteiger partial charge on any atom is 0.474 e. The maximum absolute atomic E-state index is 11.6. The van der Waals surface area contributed by atoms with Crippen molar-refractivity contribution in [2.45, 2.75) is 6.30 Å². The van der Waals surface area contributed by atoms with Gasteiger partial charge in [0.2, 0.25) is 0 Å². The molecule has 0 saturated heterocycles. The molecule has 0 saturated carbocycles. The topological polar surface area (TPSA) is 49.4 Å². The monoisotopic (exact) mass is 192 g/mol. The first-order valence-electron chi connectivity index (χ1n) is 2.46. The van der Waals surface area contributed by atoms with Gasteiger partial charge in [0.05, 0.1) is 0 Å². The first-order valence-corrected chi connectivity index (χ1v) is 3.90. The third-order valence-corrected chi connectivity index (χ3v) is 2.42. The second kappa shape index (κ2) is 2.95. The molecular formula is C3H7F3N2O2S. The summed E-state index contributed by atoms with van der Waals surface area (Å²) in [5.41, 5.74) is 0. The van der Waals surface area contributed by atoms with Crippen LogP contribution >= 0.6 is 0 Å². The van der Waals surface area contributed by atoms with Crippen LogP contribution in [0, 0.1) is 0 Å². The summed E-state index contributed by atoms with van der Waals surface area (Å²) in [6, 6.07) is 0. The Morgan fingerprint density at radius 1 is 1.36 bits per heavy atom. The first-order chi connectivity index (χ1) is 4.72. The predicted molar refractivity (Wildman–Crippen MR) is 31.8 cm³/mol. The second-order valence-electron chi connectivity index (χ2n) is 1.64. The van der Waals surface area contributed by atoms with Crippen molar-refractivity contribution in [2.75, 3.05) is 14.1 Å². The zero-order valence-corrected chi connectivity index (χ0v) is 6.62. The zero-order chi connectivity index (χ0) is 9.28. The molecule has 68 valence electrons. The average Bonchev–Trinajstić information content (AvgIpc) is 1.84. The van der Waals surface area contributed by atoms with Crippen molar-refractivity contribution in [3.63, 3.8) is 0 Å². The van der Waals surface area contributed by atoms with Crippen molar-refractivity contribution < 1.29 is 21.6 Å². The molecule has 0 aromatic heterocycles. The van der Waals surface area contributed by atoms with Gasteiger partial charge in [0.25, 0.3) is 10.2 Å². The number of alkyl halides is 3. The van der Waals surface area contributed by atoms with Crippen molar-refractivity contribution in [1.29, 1.82) is 0 Å². The number of hydrogen-bond acceptors (Lipinski definition) is 2. The average molecular weight is 192 g/mol. The van der Waals surface area contributed by atoms with E-state index in [-0.39, 0.29) is 0 Å². The molecule has 0 heterocycles. The zero-order valence-electron chi connectivity index (χ0n) is 5.81. The summed E-state index contributed by atoms with van der Waals surface area (Å²) >= 11 is 0. The molecule has 4 nitrogen and oxygen atoms in total. The number of halogens is 3. The van der Waals surface area contributed by atoms with Crippen LogP contribution in [0.5, 0.6) is 0 Å². The van der Waals surface area contributed by atoms with Crippen molar-refractivity contribution in [1.82, 2.24) is 9.03 Å². The maximum atomic E-state index is 11.6.